The van der Waals surface area contributed by atoms with Gasteiger partial charge in [0.15, 0.2) is 0 Å². The molecule has 0 unspecified atom stereocenters. The summed E-state index contributed by atoms with van der Waals surface area (Å²) in [5.41, 5.74) is 6.13. The van der Waals surface area contributed by atoms with Gasteiger partial charge >= 0.3 is 0 Å². The van der Waals surface area contributed by atoms with E-state index in [0.29, 0.717) is 16.0 Å². The molecular weight excluding hydrogens is 334 g/mol. The summed E-state index contributed by atoms with van der Waals surface area (Å²) in [6, 6.07) is 5.95. The summed E-state index contributed by atoms with van der Waals surface area (Å²) in [5, 5.41) is 7.99. The van der Waals surface area contributed by atoms with Crippen LogP contribution in [-0.2, 0) is 10.0 Å². The number of aromatic nitrogens is 2. The van der Waals surface area contributed by atoms with Crippen LogP contribution in [0.25, 0.3) is 0 Å². The van der Waals surface area contributed by atoms with E-state index in [2.05, 4.69) is 31.2 Å². The number of nitrogens with two attached hydrogens (primary N) is 2. The van der Waals surface area contributed by atoms with Crippen LogP contribution in [0.15, 0.2) is 39.8 Å². The van der Waals surface area contributed by atoms with E-state index in [-0.39, 0.29) is 10.8 Å². The number of nitrogens with zero attached hydrogens (tertiary/aromatic N) is 2. The lowest BCUT2D eigenvalue weighted by molar-refractivity contribution is 0.598. The number of halogens is 1. The molecule has 0 radical (unpaired) electrons. The first-order chi connectivity index (χ1) is 8.86. The van der Waals surface area contributed by atoms with Crippen molar-refractivity contribution in [3.8, 4) is 0 Å². The summed E-state index contributed by atoms with van der Waals surface area (Å²) in [5.74, 6) is 0.614. The molecule has 9 heteroatoms. The number of hydrogen-bond acceptors (Lipinski definition) is 6. The minimum absolute atomic E-state index is 0.0410. The second-order valence-corrected chi connectivity index (χ2v) is 6.03. The Kier molecular flexibility index (Phi) is 3.69. The Bertz CT molecular complexity index is 702. The van der Waals surface area contributed by atoms with Crippen molar-refractivity contribution in [2.75, 3.05) is 11.1 Å². The van der Waals surface area contributed by atoms with Crippen LogP contribution in [0.1, 0.15) is 0 Å². The zero-order chi connectivity index (χ0) is 14.0. The van der Waals surface area contributed by atoms with Crippen LogP contribution >= 0.6 is 15.9 Å². The van der Waals surface area contributed by atoms with Crippen molar-refractivity contribution in [1.29, 1.82) is 0 Å². The molecule has 5 N–H and O–H groups in total. The first-order valence-electron chi connectivity index (χ1n) is 5.04. The number of benzene rings is 1. The second-order valence-electron chi connectivity index (χ2n) is 3.62. The smallest absolute Gasteiger partial charge is 0.238 e. The standard InChI is InChI=1S/C10H10BrN5O2S/c11-8-5-14-10(12)16-9(8)15-6-1-3-7(4-2-6)19(13,17)18/h1-5H,(H2,13,17,18)(H3,12,14,15,16). The first-order valence-corrected chi connectivity index (χ1v) is 7.38. The number of nitrogens with one attached hydrogen (secondary N) is 1. The zero-order valence-corrected chi connectivity index (χ0v) is 11.9. The summed E-state index contributed by atoms with van der Waals surface area (Å²) < 4.78 is 22.9. The number of hydrogen-bond donors (Lipinski definition) is 3. The molecule has 2 rings (SSSR count). The highest BCUT2D eigenvalue weighted by Crippen LogP contribution is 2.24. The average Bonchev–Trinajstić information content (AvgIpc) is 2.33. The van der Waals surface area contributed by atoms with Gasteiger partial charge < -0.3 is 11.1 Å². The molecular formula is C10H10BrN5O2S. The van der Waals surface area contributed by atoms with Gasteiger partial charge in [0.25, 0.3) is 0 Å². The molecule has 0 saturated carbocycles. The number of sulfonamides is 1. The van der Waals surface area contributed by atoms with Crippen LogP contribution in [-0.4, -0.2) is 18.4 Å². The van der Waals surface area contributed by atoms with Crippen LogP contribution in [0.5, 0.6) is 0 Å². The van der Waals surface area contributed by atoms with Crippen molar-refractivity contribution < 1.29 is 8.42 Å². The Morgan fingerprint density at radius 3 is 2.42 bits per heavy atom. The third-order valence-electron chi connectivity index (χ3n) is 2.21. The predicted octanol–water partition coefficient (Wildman–Crippen LogP) is 1.21. The van der Waals surface area contributed by atoms with Crippen molar-refractivity contribution >= 4 is 43.4 Å². The quantitative estimate of drug-likeness (QED) is 0.769. The molecule has 0 amide bonds. The molecule has 0 saturated heterocycles. The van der Waals surface area contributed by atoms with E-state index in [1.807, 2.05) is 0 Å². The molecule has 1 aromatic heterocycles. The maximum Gasteiger partial charge on any atom is 0.238 e. The summed E-state index contributed by atoms with van der Waals surface area (Å²) in [6.07, 6.45) is 1.52. The summed E-state index contributed by atoms with van der Waals surface area (Å²) >= 11 is 3.28. The molecule has 0 aliphatic carbocycles. The van der Waals surface area contributed by atoms with Crippen LogP contribution in [0, 0.1) is 0 Å². The minimum atomic E-state index is -3.69. The molecule has 1 heterocycles. The van der Waals surface area contributed by atoms with E-state index in [1.54, 1.807) is 12.1 Å². The van der Waals surface area contributed by atoms with Gasteiger partial charge in [-0.25, -0.2) is 18.5 Å². The Morgan fingerprint density at radius 2 is 1.84 bits per heavy atom. The van der Waals surface area contributed by atoms with Crippen LogP contribution < -0.4 is 16.2 Å². The lowest BCUT2D eigenvalue weighted by Gasteiger charge is -2.08. The van der Waals surface area contributed by atoms with E-state index >= 15 is 0 Å². The Balaban J connectivity index is 2.27. The lowest BCUT2D eigenvalue weighted by atomic mass is 10.3. The van der Waals surface area contributed by atoms with E-state index in [4.69, 9.17) is 10.9 Å². The zero-order valence-electron chi connectivity index (χ0n) is 9.54. The van der Waals surface area contributed by atoms with Gasteiger partial charge in [0, 0.05) is 11.9 Å². The van der Waals surface area contributed by atoms with E-state index in [1.165, 1.54) is 18.3 Å². The predicted molar refractivity (Wildman–Crippen MR) is 75.2 cm³/mol. The average molecular weight is 344 g/mol. The number of anilines is 3. The topological polar surface area (TPSA) is 124 Å². The lowest BCUT2D eigenvalue weighted by Crippen LogP contribution is -2.11. The molecule has 0 aliphatic rings. The van der Waals surface area contributed by atoms with Crippen molar-refractivity contribution in [3.63, 3.8) is 0 Å². The number of rotatable bonds is 3. The highest BCUT2D eigenvalue weighted by molar-refractivity contribution is 9.10. The van der Waals surface area contributed by atoms with E-state index in [9.17, 15) is 8.42 Å². The van der Waals surface area contributed by atoms with Crippen molar-refractivity contribution in [2.24, 2.45) is 5.14 Å². The van der Waals surface area contributed by atoms with Gasteiger partial charge in [0.05, 0.1) is 9.37 Å². The van der Waals surface area contributed by atoms with Crippen LogP contribution in [0.2, 0.25) is 0 Å². The second kappa shape index (κ2) is 5.11. The molecule has 0 bridgehead atoms. The molecule has 0 fully saturated rings. The van der Waals surface area contributed by atoms with E-state index < -0.39 is 10.0 Å². The van der Waals surface area contributed by atoms with Gasteiger partial charge in [-0.05, 0) is 40.2 Å². The van der Waals surface area contributed by atoms with Gasteiger partial charge in [0.1, 0.15) is 5.82 Å². The van der Waals surface area contributed by atoms with Crippen molar-refractivity contribution in [3.05, 3.63) is 34.9 Å². The third kappa shape index (κ3) is 3.40. The molecule has 1 aromatic carbocycles. The highest BCUT2D eigenvalue weighted by Gasteiger charge is 2.08. The SMILES string of the molecule is Nc1ncc(Br)c(Nc2ccc(S(N)(=O)=O)cc2)n1. The Hall–Kier alpha value is -1.71. The molecule has 0 spiro atoms. The maximum atomic E-state index is 11.1. The Morgan fingerprint density at radius 1 is 1.21 bits per heavy atom. The van der Waals surface area contributed by atoms with Gasteiger partial charge in [-0.1, -0.05) is 0 Å². The number of primary sulfonamides is 1. The fraction of sp³-hybridized carbons (Fsp3) is 0. The fourth-order valence-electron chi connectivity index (χ4n) is 1.33. The Labute approximate surface area is 118 Å². The monoisotopic (exact) mass is 343 g/mol. The summed E-state index contributed by atoms with van der Waals surface area (Å²) in [7, 11) is -3.69. The normalized spacial score (nSPS) is 11.3. The van der Waals surface area contributed by atoms with Crippen LogP contribution in [0.4, 0.5) is 17.5 Å². The van der Waals surface area contributed by atoms with Crippen molar-refractivity contribution in [1.82, 2.24) is 9.97 Å². The molecule has 19 heavy (non-hydrogen) atoms. The highest BCUT2D eigenvalue weighted by atomic mass is 79.9. The third-order valence-corrected chi connectivity index (χ3v) is 3.72. The number of nitrogen functional groups attached to an aromatic ring is 1. The summed E-state index contributed by atoms with van der Waals surface area (Å²) in [6.45, 7) is 0. The van der Waals surface area contributed by atoms with Crippen molar-refractivity contribution in [2.45, 2.75) is 4.90 Å². The van der Waals surface area contributed by atoms with Gasteiger partial charge in [0.2, 0.25) is 16.0 Å². The molecule has 100 valence electrons. The molecule has 0 aliphatic heterocycles. The summed E-state index contributed by atoms with van der Waals surface area (Å²) in [4.78, 5) is 7.86. The molecule has 2 aromatic rings. The van der Waals surface area contributed by atoms with E-state index in [0.717, 1.165) is 0 Å². The minimum Gasteiger partial charge on any atom is -0.368 e. The van der Waals surface area contributed by atoms with Crippen LogP contribution in [0.3, 0.4) is 0 Å². The maximum absolute atomic E-state index is 11.1. The first kappa shape index (κ1) is 13.7. The molecule has 0 atom stereocenters. The van der Waals surface area contributed by atoms with Gasteiger partial charge in [-0.3, -0.25) is 0 Å². The largest absolute Gasteiger partial charge is 0.368 e. The van der Waals surface area contributed by atoms with Gasteiger partial charge in [-0.2, -0.15) is 4.98 Å². The molecule has 7 nitrogen and oxygen atoms in total. The fourth-order valence-corrected chi connectivity index (χ4v) is 2.14. The van der Waals surface area contributed by atoms with Gasteiger partial charge in [-0.15, -0.1) is 0 Å².